The third-order valence-electron chi connectivity index (χ3n) is 3.30. The van der Waals surface area contributed by atoms with E-state index in [-0.39, 0.29) is 4.91 Å². The second-order valence-corrected chi connectivity index (χ2v) is 6.29. The van der Waals surface area contributed by atoms with Crippen molar-refractivity contribution >= 4 is 17.8 Å². The summed E-state index contributed by atoms with van der Waals surface area (Å²) in [5.74, 6) is 0.648. The van der Waals surface area contributed by atoms with Crippen molar-refractivity contribution in [1.82, 2.24) is 0 Å². The van der Waals surface area contributed by atoms with Crippen LogP contribution in [0.15, 0.2) is 70.5 Å². The van der Waals surface area contributed by atoms with Crippen LogP contribution in [-0.2, 0) is 0 Å². The van der Waals surface area contributed by atoms with Crippen LogP contribution in [0.25, 0.3) is 6.08 Å². The molecule has 0 spiro atoms. The van der Waals surface area contributed by atoms with E-state index in [1.54, 1.807) is 36.4 Å². The number of ether oxygens (including phenoxy) is 1. The maximum atomic E-state index is 13.1. The molecule has 24 heavy (non-hydrogen) atoms. The Morgan fingerprint density at radius 2 is 1.62 bits per heavy atom. The smallest absolute Gasteiger partial charge is 0.416 e. The Kier molecular flexibility index (Phi) is 5.78. The van der Waals surface area contributed by atoms with Gasteiger partial charge in [-0.15, -0.1) is 0 Å². The van der Waals surface area contributed by atoms with Gasteiger partial charge in [0.05, 0.1) is 12.7 Å². The van der Waals surface area contributed by atoms with Gasteiger partial charge in [-0.25, -0.2) is 0 Å². The van der Waals surface area contributed by atoms with Gasteiger partial charge in [-0.3, -0.25) is 0 Å². The summed E-state index contributed by atoms with van der Waals surface area (Å²) in [7, 11) is 1.54. The average Bonchev–Trinajstić information content (AvgIpc) is 2.55. The largest absolute Gasteiger partial charge is 0.497 e. The standard InChI is InChI=1S/C19H17F3OS/c1-13-4-10-17(11-5-13)24-18(14(2)19(20,21)22)12-15-6-8-16(23-3)9-7-15/h4-12H,2H2,1,3H3/b18-12+. The first-order valence-electron chi connectivity index (χ1n) is 7.16. The van der Waals surface area contributed by atoms with Crippen LogP contribution >= 0.6 is 11.8 Å². The average molecular weight is 350 g/mol. The highest BCUT2D eigenvalue weighted by atomic mass is 32.2. The van der Waals surface area contributed by atoms with Gasteiger partial charge in [0.25, 0.3) is 0 Å². The molecule has 0 unspecified atom stereocenters. The minimum Gasteiger partial charge on any atom is -0.497 e. The van der Waals surface area contributed by atoms with Gasteiger partial charge in [-0.1, -0.05) is 48.2 Å². The number of benzene rings is 2. The van der Waals surface area contributed by atoms with Crippen molar-refractivity contribution in [2.45, 2.75) is 18.0 Å². The van der Waals surface area contributed by atoms with E-state index in [2.05, 4.69) is 6.58 Å². The zero-order chi connectivity index (χ0) is 17.7. The Labute approximate surface area is 143 Å². The highest BCUT2D eigenvalue weighted by Gasteiger charge is 2.34. The second kappa shape index (κ2) is 7.62. The molecule has 2 aromatic rings. The summed E-state index contributed by atoms with van der Waals surface area (Å²) in [6.45, 7) is 5.16. The fraction of sp³-hybridized carbons (Fsp3) is 0.158. The maximum Gasteiger partial charge on any atom is 0.416 e. The van der Waals surface area contributed by atoms with Crippen molar-refractivity contribution in [2.24, 2.45) is 0 Å². The fourth-order valence-corrected chi connectivity index (χ4v) is 2.86. The predicted molar refractivity (Wildman–Crippen MR) is 93.2 cm³/mol. The van der Waals surface area contributed by atoms with Crippen molar-refractivity contribution < 1.29 is 17.9 Å². The van der Waals surface area contributed by atoms with Gasteiger partial charge < -0.3 is 4.74 Å². The lowest BCUT2D eigenvalue weighted by atomic mass is 10.1. The normalized spacial score (nSPS) is 12.1. The number of halogens is 3. The number of allylic oxidation sites excluding steroid dienone is 1. The van der Waals surface area contributed by atoms with E-state index in [1.807, 2.05) is 19.1 Å². The highest BCUT2D eigenvalue weighted by molar-refractivity contribution is 8.03. The zero-order valence-corrected chi connectivity index (χ0v) is 14.2. The monoisotopic (exact) mass is 350 g/mol. The molecular formula is C19H17F3OS. The number of hydrogen-bond donors (Lipinski definition) is 0. The van der Waals surface area contributed by atoms with Gasteiger partial charge >= 0.3 is 6.18 Å². The van der Waals surface area contributed by atoms with Crippen molar-refractivity contribution in [1.29, 1.82) is 0 Å². The molecule has 0 saturated carbocycles. The molecule has 0 N–H and O–H groups in total. The molecule has 0 fully saturated rings. The molecule has 5 heteroatoms. The Hall–Kier alpha value is -2.14. The molecule has 2 rings (SSSR count). The number of thioether (sulfide) groups is 1. The third kappa shape index (κ3) is 4.93. The molecule has 0 atom stereocenters. The minimum atomic E-state index is -4.48. The number of methoxy groups -OCH3 is 1. The van der Waals surface area contributed by atoms with Crippen molar-refractivity contribution in [3.05, 3.63) is 76.7 Å². The number of rotatable bonds is 5. The molecule has 126 valence electrons. The first-order valence-corrected chi connectivity index (χ1v) is 7.98. The summed E-state index contributed by atoms with van der Waals surface area (Å²) in [6.07, 6.45) is -2.99. The second-order valence-electron chi connectivity index (χ2n) is 5.17. The van der Waals surface area contributed by atoms with Gasteiger partial charge in [0.1, 0.15) is 5.75 Å². The van der Waals surface area contributed by atoms with Gasteiger partial charge in [-0.2, -0.15) is 13.2 Å². The molecule has 2 aromatic carbocycles. The lowest BCUT2D eigenvalue weighted by Crippen LogP contribution is -2.11. The lowest BCUT2D eigenvalue weighted by molar-refractivity contribution is -0.0880. The fourth-order valence-electron chi connectivity index (χ4n) is 1.90. The highest BCUT2D eigenvalue weighted by Crippen LogP contribution is 2.40. The number of alkyl halides is 3. The summed E-state index contributed by atoms with van der Waals surface area (Å²) in [6, 6.07) is 14.1. The number of hydrogen-bond acceptors (Lipinski definition) is 2. The minimum absolute atomic E-state index is 0.0662. The first-order chi connectivity index (χ1) is 11.3. The number of aryl methyl sites for hydroxylation is 1. The van der Waals surface area contributed by atoms with Crippen LogP contribution < -0.4 is 4.74 Å². The van der Waals surface area contributed by atoms with E-state index < -0.39 is 11.7 Å². The van der Waals surface area contributed by atoms with E-state index in [1.165, 1.54) is 13.2 Å². The van der Waals surface area contributed by atoms with Gasteiger partial charge in [-0.05, 0) is 42.8 Å². The third-order valence-corrected chi connectivity index (χ3v) is 4.39. The van der Waals surface area contributed by atoms with Crippen molar-refractivity contribution in [3.8, 4) is 5.75 Å². The topological polar surface area (TPSA) is 9.23 Å². The Bertz CT molecular complexity index is 729. The van der Waals surface area contributed by atoms with Crippen LogP contribution in [0.4, 0.5) is 13.2 Å². The van der Waals surface area contributed by atoms with Crippen LogP contribution in [0.1, 0.15) is 11.1 Å². The summed E-state index contributed by atoms with van der Waals surface area (Å²) in [4.78, 5) is 0.794. The summed E-state index contributed by atoms with van der Waals surface area (Å²) < 4.78 is 44.4. The quantitative estimate of drug-likeness (QED) is 0.465. The molecular weight excluding hydrogens is 333 g/mol. The molecule has 0 bridgehead atoms. The summed E-state index contributed by atoms with van der Waals surface area (Å²) in [5.41, 5.74) is 0.842. The summed E-state index contributed by atoms with van der Waals surface area (Å²) >= 11 is 1.05. The Morgan fingerprint density at radius 3 is 2.12 bits per heavy atom. The molecule has 1 nitrogen and oxygen atoms in total. The molecule has 0 aliphatic rings. The van der Waals surface area contributed by atoms with Crippen LogP contribution in [-0.4, -0.2) is 13.3 Å². The van der Waals surface area contributed by atoms with Crippen LogP contribution in [0.5, 0.6) is 5.75 Å². The molecule has 0 amide bonds. The Balaban J connectivity index is 2.35. The first kappa shape index (κ1) is 18.2. The Morgan fingerprint density at radius 1 is 1.04 bits per heavy atom. The molecule has 0 aliphatic carbocycles. The van der Waals surface area contributed by atoms with Crippen molar-refractivity contribution in [2.75, 3.05) is 7.11 Å². The summed E-state index contributed by atoms with van der Waals surface area (Å²) in [5, 5.41) is 0. The van der Waals surface area contributed by atoms with Crippen LogP contribution in [0.2, 0.25) is 0 Å². The van der Waals surface area contributed by atoms with E-state index >= 15 is 0 Å². The molecule has 0 aliphatic heterocycles. The molecule has 0 aromatic heterocycles. The van der Waals surface area contributed by atoms with Gasteiger partial charge in [0.2, 0.25) is 0 Å². The molecule has 0 saturated heterocycles. The molecule has 0 heterocycles. The lowest BCUT2D eigenvalue weighted by Gasteiger charge is -2.14. The van der Waals surface area contributed by atoms with E-state index in [4.69, 9.17) is 4.74 Å². The van der Waals surface area contributed by atoms with Gasteiger partial charge in [0.15, 0.2) is 0 Å². The van der Waals surface area contributed by atoms with Crippen LogP contribution in [0.3, 0.4) is 0 Å². The maximum absolute atomic E-state index is 13.1. The zero-order valence-electron chi connectivity index (χ0n) is 13.4. The van der Waals surface area contributed by atoms with E-state index in [0.29, 0.717) is 11.3 Å². The van der Waals surface area contributed by atoms with Crippen LogP contribution in [0, 0.1) is 6.92 Å². The van der Waals surface area contributed by atoms with E-state index in [9.17, 15) is 13.2 Å². The van der Waals surface area contributed by atoms with Gasteiger partial charge in [0, 0.05) is 9.80 Å². The predicted octanol–water partition coefficient (Wildman–Crippen LogP) is 6.26. The van der Waals surface area contributed by atoms with E-state index in [0.717, 1.165) is 22.2 Å². The SMILES string of the molecule is C=C(/C(=C\c1ccc(OC)cc1)Sc1ccc(C)cc1)C(F)(F)F. The van der Waals surface area contributed by atoms with Crippen molar-refractivity contribution in [3.63, 3.8) is 0 Å². The molecule has 0 radical (unpaired) electrons.